The lowest BCUT2D eigenvalue weighted by Gasteiger charge is -2.30. The van der Waals surface area contributed by atoms with Gasteiger partial charge in [0.2, 0.25) is 5.88 Å². The van der Waals surface area contributed by atoms with Gasteiger partial charge < -0.3 is 18.9 Å². The zero-order valence-corrected chi connectivity index (χ0v) is 18.0. The van der Waals surface area contributed by atoms with Crippen molar-refractivity contribution in [2.75, 3.05) is 13.1 Å². The van der Waals surface area contributed by atoms with Gasteiger partial charge in [0, 0.05) is 19.3 Å². The molecule has 0 N–H and O–H groups in total. The molecule has 7 nitrogen and oxygen atoms in total. The largest absolute Gasteiger partial charge is 0.457 e. The lowest BCUT2D eigenvalue weighted by Crippen LogP contribution is -2.33. The van der Waals surface area contributed by atoms with Gasteiger partial charge in [-0.05, 0) is 56.2 Å². The summed E-state index contributed by atoms with van der Waals surface area (Å²) in [7, 11) is 0. The van der Waals surface area contributed by atoms with Gasteiger partial charge in [-0.2, -0.15) is 10.2 Å². The monoisotopic (exact) mass is 427 g/mol. The highest BCUT2D eigenvalue weighted by Gasteiger charge is 2.23. The average molecular weight is 428 g/mol. The third-order valence-corrected chi connectivity index (χ3v) is 5.32. The molecule has 1 fully saturated rings. The summed E-state index contributed by atoms with van der Waals surface area (Å²) in [6.07, 6.45) is 13.0. The minimum absolute atomic E-state index is 0.171. The molecule has 0 aliphatic carbocycles. The van der Waals surface area contributed by atoms with E-state index in [0.29, 0.717) is 23.9 Å². The number of rotatable bonds is 7. The number of piperidine rings is 1. The zero-order chi connectivity index (χ0) is 22.3. The van der Waals surface area contributed by atoms with E-state index in [2.05, 4.69) is 27.3 Å². The number of allylic oxidation sites excluding steroid dienone is 4. The molecule has 7 heteroatoms. The normalized spacial score (nSPS) is 17.1. The van der Waals surface area contributed by atoms with Crippen LogP contribution in [0.5, 0.6) is 11.6 Å². The maximum absolute atomic E-state index is 9.30. The molecule has 1 atom stereocenters. The number of benzene rings is 1. The van der Waals surface area contributed by atoms with E-state index < -0.39 is 0 Å². The standard InChI is InChI=1S/C25H25N5O2/c1-3-21(32-22-9-5-4-6-10-22)12-11-19(2)31-25-24-23(27-18-28-25)13-15-30(24)20-8-7-14-29(16-20)17-26/h3-6,9-13,15,18,20H,1,7-8,14,16H2,2H3/b19-11+,21-12+. The molecule has 0 amide bonds. The number of para-hydroxylation sites is 1. The van der Waals surface area contributed by atoms with Crippen LogP contribution >= 0.6 is 0 Å². The predicted octanol–water partition coefficient (Wildman–Crippen LogP) is 4.98. The Bertz CT molecular complexity index is 1190. The minimum Gasteiger partial charge on any atom is -0.457 e. The van der Waals surface area contributed by atoms with Crippen molar-refractivity contribution >= 4 is 11.0 Å². The number of aromatic nitrogens is 3. The van der Waals surface area contributed by atoms with Crippen LogP contribution in [0.3, 0.4) is 0 Å². The Labute approximate surface area is 187 Å². The summed E-state index contributed by atoms with van der Waals surface area (Å²) >= 11 is 0. The molecule has 1 saturated heterocycles. The summed E-state index contributed by atoms with van der Waals surface area (Å²) in [6, 6.07) is 11.7. The van der Waals surface area contributed by atoms with Crippen LogP contribution in [0.4, 0.5) is 0 Å². The quantitative estimate of drug-likeness (QED) is 0.301. The minimum atomic E-state index is 0.171. The van der Waals surface area contributed by atoms with E-state index in [9.17, 15) is 5.26 Å². The van der Waals surface area contributed by atoms with Crippen LogP contribution in [0.25, 0.3) is 11.0 Å². The predicted molar refractivity (Wildman–Crippen MR) is 123 cm³/mol. The second-order valence-corrected chi connectivity index (χ2v) is 7.55. The first-order valence-electron chi connectivity index (χ1n) is 10.6. The molecule has 3 aromatic rings. The maximum atomic E-state index is 9.30. The Kier molecular flexibility index (Phi) is 6.52. The molecule has 2 aromatic heterocycles. The van der Waals surface area contributed by atoms with Crippen molar-refractivity contribution in [3.63, 3.8) is 0 Å². The Morgan fingerprint density at radius 3 is 2.81 bits per heavy atom. The van der Waals surface area contributed by atoms with E-state index in [1.165, 1.54) is 6.33 Å². The molecule has 1 unspecified atom stereocenters. The van der Waals surface area contributed by atoms with Crippen LogP contribution in [-0.2, 0) is 0 Å². The molecular formula is C25H25N5O2. The smallest absolute Gasteiger partial charge is 0.246 e. The van der Waals surface area contributed by atoms with Gasteiger partial charge in [-0.3, -0.25) is 0 Å². The molecular weight excluding hydrogens is 402 g/mol. The van der Waals surface area contributed by atoms with Gasteiger partial charge >= 0.3 is 0 Å². The topological polar surface area (TPSA) is 76.2 Å². The fraction of sp³-hybridized carbons (Fsp3) is 0.240. The molecule has 1 aromatic carbocycles. The van der Waals surface area contributed by atoms with Crippen molar-refractivity contribution in [1.29, 1.82) is 5.26 Å². The molecule has 4 rings (SSSR count). The van der Waals surface area contributed by atoms with Gasteiger partial charge in [0.15, 0.2) is 6.19 Å². The maximum Gasteiger partial charge on any atom is 0.246 e. The summed E-state index contributed by atoms with van der Waals surface area (Å²) < 4.78 is 14.0. The summed E-state index contributed by atoms with van der Waals surface area (Å²) in [5, 5.41) is 9.30. The molecule has 0 bridgehead atoms. The van der Waals surface area contributed by atoms with Crippen molar-refractivity contribution in [2.45, 2.75) is 25.8 Å². The molecule has 162 valence electrons. The summed E-state index contributed by atoms with van der Waals surface area (Å²) in [4.78, 5) is 10.6. The van der Waals surface area contributed by atoms with Crippen molar-refractivity contribution < 1.29 is 9.47 Å². The summed E-state index contributed by atoms with van der Waals surface area (Å²) in [5.41, 5.74) is 1.64. The van der Waals surface area contributed by atoms with E-state index in [-0.39, 0.29) is 6.04 Å². The first-order chi connectivity index (χ1) is 15.7. The van der Waals surface area contributed by atoms with Crippen molar-refractivity contribution in [1.82, 2.24) is 19.4 Å². The number of ether oxygens (including phenoxy) is 2. The number of likely N-dealkylation sites (tertiary alicyclic amines) is 1. The van der Waals surface area contributed by atoms with Gasteiger partial charge in [0.25, 0.3) is 0 Å². The SMILES string of the molecule is C=C/C(=C\C=C(/C)Oc1ncnc2ccn(C3CCCN(C#N)C3)c12)Oc1ccccc1. The van der Waals surface area contributed by atoms with Crippen LogP contribution in [-0.4, -0.2) is 32.5 Å². The van der Waals surface area contributed by atoms with E-state index in [1.807, 2.05) is 55.6 Å². The lowest BCUT2D eigenvalue weighted by atomic mass is 10.1. The first kappa shape index (κ1) is 21.2. The highest BCUT2D eigenvalue weighted by Crippen LogP contribution is 2.30. The molecule has 0 radical (unpaired) electrons. The number of nitrogens with zero attached hydrogens (tertiary/aromatic N) is 5. The molecule has 0 spiro atoms. The molecule has 32 heavy (non-hydrogen) atoms. The molecule has 1 aliphatic heterocycles. The zero-order valence-electron chi connectivity index (χ0n) is 18.0. The van der Waals surface area contributed by atoms with E-state index in [4.69, 9.17) is 9.47 Å². The number of hydrogen-bond acceptors (Lipinski definition) is 6. The highest BCUT2D eigenvalue weighted by atomic mass is 16.5. The third kappa shape index (κ3) is 4.81. The van der Waals surface area contributed by atoms with Crippen LogP contribution in [0.15, 0.2) is 85.2 Å². The Morgan fingerprint density at radius 2 is 2.03 bits per heavy atom. The van der Waals surface area contributed by atoms with Crippen molar-refractivity contribution in [3.8, 4) is 17.8 Å². The summed E-state index contributed by atoms with van der Waals surface area (Å²) in [5.74, 6) is 2.48. The Morgan fingerprint density at radius 1 is 1.19 bits per heavy atom. The third-order valence-electron chi connectivity index (χ3n) is 5.32. The van der Waals surface area contributed by atoms with Gasteiger partial charge in [-0.1, -0.05) is 24.8 Å². The van der Waals surface area contributed by atoms with Crippen LogP contribution in [0.2, 0.25) is 0 Å². The van der Waals surface area contributed by atoms with E-state index in [0.717, 1.165) is 36.2 Å². The fourth-order valence-corrected chi connectivity index (χ4v) is 3.77. The lowest BCUT2D eigenvalue weighted by molar-refractivity contribution is 0.247. The molecule has 0 saturated carbocycles. The Hall–Kier alpha value is -4.05. The van der Waals surface area contributed by atoms with Crippen molar-refractivity contribution in [2.24, 2.45) is 0 Å². The number of fused-ring (bicyclic) bond motifs is 1. The van der Waals surface area contributed by atoms with E-state index in [1.54, 1.807) is 17.1 Å². The average Bonchev–Trinajstić information content (AvgIpc) is 3.28. The van der Waals surface area contributed by atoms with Crippen LogP contribution < -0.4 is 9.47 Å². The van der Waals surface area contributed by atoms with E-state index >= 15 is 0 Å². The van der Waals surface area contributed by atoms with Crippen LogP contribution in [0, 0.1) is 11.5 Å². The first-order valence-corrected chi connectivity index (χ1v) is 10.6. The summed E-state index contributed by atoms with van der Waals surface area (Å²) in [6.45, 7) is 7.15. The van der Waals surface area contributed by atoms with Gasteiger partial charge in [-0.15, -0.1) is 0 Å². The van der Waals surface area contributed by atoms with Gasteiger partial charge in [0.1, 0.15) is 29.1 Å². The molecule has 1 aliphatic rings. The fourth-order valence-electron chi connectivity index (χ4n) is 3.77. The second-order valence-electron chi connectivity index (χ2n) is 7.55. The Balaban J connectivity index is 1.56. The van der Waals surface area contributed by atoms with Gasteiger partial charge in [0.05, 0.1) is 11.6 Å². The highest BCUT2D eigenvalue weighted by molar-refractivity contribution is 5.80. The number of hydrogen-bond donors (Lipinski definition) is 0. The number of nitriles is 1. The van der Waals surface area contributed by atoms with Crippen molar-refractivity contribution in [3.05, 3.63) is 85.2 Å². The van der Waals surface area contributed by atoms with Crippen LogP contribution in [0.1, 0.15) is 25.8 Å². The van der Waals surface area contributed by atoms with Gasteiger partial charge in [-0.25, -0.2) is 4.98 Å². The second kappa shape index (κ2) is 9.84. The molecule has 3 heterocycles.